The van der Waals surface area contributed by atoms with E-state index in [1.54, 1.807) is 0 Å². The Balaban J connectivity index is 1.69. The van der Waals surface area contributed by atoms with Gasteiger partial charge in [-0.05, 0) is 33.3 Å². The fourth-order valence-corrected chi connectivity index (χ4v) is 3.30. The van der Waals surface area contributed by atoms with Crippen molar-refractivity contribution in [1.82, 2.24) is 0 Å². The molecule has 0 unspecified atom stereocenters. The normalized spacial score (nSPS) is 32.0. The van der Waals surface area contributed by atoms with Crippen LogP contribution in [-0.4, -0.2) is 54.3 Å². The predicted molar refractivity (Wildman–Crippen MR) is 90.8 cm³/mol. The summed E-state index contributed by atoms with van der Waals surface area (Å²) in [5, 5.41) is 9.87. The molecule has 6 heteroatoms. The Hall–Kier alpha value is -1.02. The van der Waals surface area contributed by atoms with Crippen molar-refractivity contribution in [3.63, 3.8) is 0 Å². The van der Waals surface area contributed by atoms with E-state index < -0.39 is 23.8 Å². The minimum atomic E-state index is -0.769. The van der Waals surface area contributed by atoms with Gasteiger partial charge < -0.3 is 28.8 Å². The monoisotopic (exact) mass is 352 g/mol. The highest BCUT2D eigenvalue weighted by Crippen LogP contribution is 2.37. The second-order valence-electron chi connectivity index (χ2n) is 7.45. The Morgan fingerprint density at radius 3 is 2.40 bits per heavy atom. The zero-order chi connectivity index (χ0) is 18.1. The van der Waals surface area contributed by atoms with Gasteiger partial charge in [-0.15, -0.1) is 0 Å². The molecule has 2 fully saturated rings. The van der Waals surface area contributed by atoms with Gasteiger partial charge >= 0.3 is 0 Å². The number of benzene rings is 1. The molecule has 3 rings (SSSR count). The van der Waals surface area contributed by atoms with E-state index in [0.717, 1.165) is 5.56 Å². The maximum absolute atomic E-state index is 9.87. The van der Waals surface area contributed by atoms with Gasteiger partial charge in [-0.1, -0.05) is 30.3 Å². The van der Waals surface area contributed by atoms with Crippen LogP contribution in [0.2, 0.25) is 0 Å². The average Bonchev–Trinajstić information content (AvgIpc) is 3.08. The fourth-order valence-electron chi connectivity index (χ4n) is 3.30. The summed E-state index contributed by atoms with van der Waals surface area (Å²) < 4.78 is 29.7. The van der Waals surface area contributed by atoms with Crippen LogP contribution in [0.3, 0.4) is 0 Å². The maximum atomic E-state index is 9.87. The summed E-state index contributed by atoms with van der Waals surface area (Å²) in [5.41, 5.74) is 1.04. The molecule has 1 aromatic carbocycles. The lowest BCUT2D eigenvalue weighted by atomic mass is 10.0. The van der Waals surface area contributed by atoms with Gasteiger partial charge in [0, 0.05) is 0 Å². The van der Waals surface area contributed by atoms with Crippen LogP contribution in [0.5, 0.6) is 0 Å². The molecule has 25 heavy (non-hydrogen) atoms. The number of rotatable bonds is 6. The largest absolute Gasteiger partial charge is 0.394 e. The number of hydrogen-bond acceptors (Lipinski definition) is 6. The van der Waals surface area contributed by atoms with Gasteiger partial charge in [0.25, 0.3) is 0 Å². The summed E-state index contributed by atoms with van der Waals surface area (Å²) in [4.78, 5) is 0. The van der Waals surface area contributed by atoms with E-state index in [0.29, 0.717) is 13.2 Å². The standard InChI is InChI=1S/C19H28O6/c1-18(2)22-12-15(23-18)17-16(24-19(3,4)25-17)14(10-20)21-11-13-8-6-5-7-9-13/h5-9,14-17,20H,10-12H2,1-4H3/t14-,15+,16+,17+/m0/s1. The highest BCUT2D eigenvalue weighted by Gasteiger charge is 2.52. The first-order valence-corrected chi connectivity index (χ1v) is 8.73. The number of ether oxygens (including phenoxy) is 5. The third-order valence-electron chi connectivity index (χ3n) is 4.41. The first-order chi connectivity index (χ1) is 11.8. The highest BCUT2D eigenvalue weighted by atomic mass is 16.8. The van der Waals surface area contributed by atoms with Gasteiger partial charge in [-0.3, -0.25) is 0 Å². The molecule has 1 aromatic rings. The van der Waals surface area contributed by atoms with Crippen LogP contribution < -0.4 is 0 Å². The summed E-state index contributed by atoms with van der Waals surface area (Å²) in [5.74, 6) is -1.42. The summed E-state index contributed by atoms with van der Waals surface area (Å²) >= 11 is 0. The van der Waals surface area contributed by atoms with E-state index in [9.17, 15) is 5.11 Å². The highest BCUT2D eigenvalue weighted by molar-refractivity contribution is 5.13. The second kappa shape index (κ2) is 7.31. The number of aliphatic hydroxyl groups excluding tert-OH is 1. The van der Waals surface area contributed by atoms with Crippen LogP contribution in [0.1, 0.15) is 33.3 Å². The lowest BCUT2D eigenvalue weighted by molar-refractivity contribution is -0.176. The molecule has 0 saturated carbocycles. The summed E-state index contributed by atoms with van der Waals surface area (Å²) in [7, 11) is 0. The van der Waals surface area contributed by atoms with Gasteiger partial charge in [0.15, 0.2) is 11.6 Å². The quantitative estimate of drug-likeness (QED) is 0.847. The van der Waals surface area contributed by atoms with Crippen LogP contribution in [0.4, 0.5) is 0 Å². The Kier molecular flexibility index (Phi) is 5.48. The molecule has 0 radical (unpaired) electrons. The molecule has 0 bridgehead atoms. The van der Waals surface area contributed by atoms with Crippen LogP contribution >= 0.6 is 0 Å². The van der Waals surface area contributed by atoms with Crippen molar-refractivity contribution in [2.24, 2.45) is 0 Å². The van der Waals surface area contributed by atoms with Gasteiger partial charge in [-0.2, -0.15) is 0 Å². The summed E-state index contributed by atoms with van der Waals surface area (Å²) in [6.45, 7) is 8.11. The van der Waals surface area contributed by atoms with Crippen molar-refractivity contribution in [2.45, 2.75) is 70.3 Å². The molecule has 0 amide bonds. The van der Waals surface area contributed by atoms with Gasteiger partial charge in [0.05, 0.1) is 19.8 Å². The SMILES string of the molecule is CC1(C)O[C@H]([C@H](CO)OCc2ccccc2)[C@@H]([C@H]2COC(C)(C)O2)O1. The first-order valence-electron chi connectivity index (χ1n) is 8.73. The first kappa shape index (κ1) is 18.8. The molecule has 2 saturated heterocycles. The van der Waals surface area contributed by atoms with E-state index in [2.05, 4.69) is 0 Å². The van der Waals surface area contributed by atoms with E-state index in [1.165, 1.54) is 0 Å². The van der Waals surface area contributed by atoms with Crippen molar-refractivity contribution in [3.05, 3.63) is 35.9 Å². The molecular formula is C19H28O6. The Morgan fingerprint density at radius 2 is 1.80 bits per heavy atom. The lowest BCUT2D eigenvalue weighted by Gasteiger charge is -2.28. The molecule has 0 spiro atoms. The molecule has 4 atom stereocenters. The van der Waals surface area contributed by atoms with Crippen LogP contribution in [-0.2, 0) is 30.3 Å². The van der Waals surface area contributed by atoms with Crippen molar-refractivity contribution in [2.75, 3.05) is 13.2 Å². The van der Waals surface area contributed by atoms with Gasteiger partial charge in [0.1, 0.15) is 24.4 Å². The minimum absolute atomic E-state index is 0.162. The topological polar surface area (TPSA) is 66.4 Å². The molecule has 2 heterocycles. The zero-order valence-corrected chi connectivity index (χ0v) is 15.3. The van der Waals surface area contributed by atoms with Crippen molar-refractivity contribution in [1.29, 1.82) is 0 Å². The van der Waals surface area contributed by atoms with Crippen molar-refractivity contribution in [3.8, 4) is 0 Å². The van der Waals surface area contributed by atoms with Crippen LogP contribution in [0, 0.1) is 0 Å². The Morgan fingerprint density at radius 1 is 1.08 bits per heavy atom. The lowest BCUT2D eigenvalue weighted by Crippen LogP contribution is -2.46. The van der Waals surface area contributed by atoms with Crippen molar-refractivity contribution >= 4 is 0 Å². The summed E-state index contributed by atoms with van der Waals surface area (Å²) in [6, 6.07) is 9.84. The third kappa shape index (κ3) is 4.58. The van der Waals surface area contributed by atoms with Crippen LogP contribution in [0.15, 0.2) is 30.3 Å². The van der Waals surface area contributed by atoms with E-state index in [-0.39, 0.29) is 18.8 Å². The molecule has 0 aromatic heterocycles. The predicted octanol–water partition coefficient (Wildman–Crippen LogP) is 2.24. The molecule has 6 nitrogen and oxygen atoms in total. The molecule has 2 aliphatic rings. The number of hydrogen-bond donors (Lipinski definition) is 1. The molecule has 2 aliphatic heterocycles. The minimum Gasteiger partial charge on any atom is -0.394 e. The van der Waals surface area contributed by atoms with Crippen molar-refractivity contribution < 1.29 is 28.8 Å². The smallest absolute Gasteiger partial charge is 0.164 e. The second-order valence-corrected chi connectivity index (χ2v) is 7.45. The summed E-state index contributed by atoms with van der Waals surface area (Å²) in [6.07, 6.45) is -1.59. The van der Waals surface area contributed by atoms with E-state index in [4.69, 9.17) is 23.7 Å². The average molecular weight is 352 g/mol. The zero-order valence-electron chi connectivity index (χ0n) is 15.3. The number of aliphatic hydroxyl groups is 1. The third-order valence-corrected chi connectivity index (χ3v) is 4.41. The van der Waals surface area contributed by atoms with E-state index in [1.807, 2.05) is 58.0 Å². The van der Waals surface area contributed by atoms with E-state index >= 15 is 0 Å². The maximum Gasteiger partial charge on any atom is 0.164 e. The molecular weight excluding hydrogens is 324 g/mol. The molecule has 1 N–H and O–H groups in total. The van der Waals surface area contributed by atoms with Crippen LogP contribution in [0.25, 0.3) is 0 Å². The Labute approximate surface area is 149 Å². The van der Waals surface area contributed by atoms with Gasteiger partial charge in [-0.25, -0.2) is 0 Å². The fraction of sp³-hybridized carbons (Fsp3) is 0.684. The molecule has 0 aliphatic carbocycles. The Bertz CT molecular complexity index is 558. The van der Waals surface area contributed by atoms with Gasteiger partial charge in [0.2, 0.25) is 0 Å². The molecule has 140 valence electrons.